The van der Waals surface area contributed by atoms with Gasteiger partial charge in [-0.15, -0.1) is 0 Å². The first kappa shape index (κ1) is 10.4. The molecule has 0 bridgehead atoms. The molecule has 17 heavy (non-hydrogen) atoms. The van der Waals surface area contributed by atoms with Crippen molar-refractivity contribution in [3.8, 4) is 0 Å². The zero-order valence-electron chi connectivity index (χ0n) is 8.92. The van der Waals surface area contributed by atoms with E-state index >= 15 is 0 Å². The monoisotopic (exact) mass is 246 g/mol. The van der Waals surface area contributed by atoms with E-state index in [2.05, 4.69) is 4.98 Å². The smallest absolute Gasteiger partial charge is 0.234 e. The van der Waals surface area contributed by atoms with E-state index < -0.39 is 10.0 Å². The maximum absolute atomic E-state index is 11.3. The first-order valence-corrected chi connectivity index (χ1v) is 6.70. The van der Waals surface area contributed by atoms with Crippen LogP contribution in [0.15, 0.2) is 23.3 Å². The summed E-state index contributed by atoms with van der Waals surface area (Å²) in [6.07, 6.45) is 11.2. The Kier molecular flexibility index (Phi) is 2.08. The quantitative estimate of drug-likeness (QED) is 0.719. The molecule has 2 N–H and O–H groups in total. The van der Waals surface area contributed by atoms with Crippen molar-refractivity contribution < 1.29 is 8.42 Å². The Morgan fingerprint density at radius 3 is 2.82 bits per heavy atom. The fourth-order valence-corrected chi connectivity index (χ4v) is 2.71. The van der Waals surface area contributed by atoms with Crippen molar-refractivity contribution in [1.29, 1.82) is 0 Å². The molecule has 86 valence electrons. The molecule has 0 spiro atoms. The molecule has 0 saturated heterocycles. The Morgan fingerprint density at radius 1 is 1.24 bits per heavy atom. The van der Waals surface area contributed by atoms with Crippen molar-refractivity contribution in [2.45, 2.75) is 6.42 Å². The van der Waals surface area contributed by atoms with Crippen LogP contribution in [-0.2, 0) is 16.4 Å². The first-order chi connectivity index (χ1) is 8.05. The number of primary sulfonamides is 1. The summed E-state index contributed by atoms with van der Waals surface area (Å²) in [5, 5.41) is 6.99. The predicted molar refractivity (Wildman–Crippen MR) is 66.3 cm³/mol. The minimum Gasteiger partial charge on any atom is -0.256 e. The van der Waals surface area contributed by atoms with Crippen LogP contribution >= 0.6 is 0 Å². The molecule has 1 aromatic heterocycles. The number of rotatable bonds is 1. The average Bonchev–Trinajstić information content (AvgIpc) is 2.75. The highest BCUT2D eigenvalue weighted by atomic mass is 32.2. The lowest BCUT2D eigenvalue weighted by Crippen LogP contribution is -2.27. The lowest BCUT2D eigenvalue weighted by Gasteiger charge is -2.11. The molecule has 1 aromatic rings. The summed E-state index contributed by atoms with van der Waals surface area (Å²) in [5.74, 6) is 0. The van der Waals surface area contributed by atoms with Crippen molar-refractivity contribution in [2.75, 3.05) is 0 Å². The highest BCUT2D eigenvalue weighted by Crippen LogP contribution is 2.16. The Balaban J connectivity index is 2.26. The molecule has 0 radical (unpaired) electrons. The van der Waals surface area contributed by atoms with Gasteiger partial charge in [-0.05, 0) is 23.3 Å². The number of nitrogens with zero attached hydrogens (tertiary/aromatic N) is 1. The lowest BCUT2D eigenvalue weighted by molar-refractivity contribution is 0.602. The summed E-state index contributed by atoms with van der Waals surface area (Å²) in [7, 11) is -3.62. The van der Waals surface area contributed by atoms with Gasteiger partial charge in [-0.3, -0.25) is 4.98 Å². The van der Waals surface area contributed by atoms with Gasteiger partial charge in [0.1, 0.15) is 0 Å². The molecule has 0 amide bonds. The normalized spacial score (nSPS) is 16.6. The van der Waals surface area contributed by atoms with E-state index in [0.717, 1.165) is 21.7 Å². The summed E-state index contributed by atoms with van der Waals surface area (Å²) in [6.45, 7) is 0. The minimum absolute atomic E-state index is 0.237. The molecule has 1 heterocycles. The summed E-state index contributed by atoms with van der Waals surface area (Å²) in [6, 6.07) is 0. The molecule has 0 unspecified atom stereocenters. The van der Waals surface area contributed by atoms with Crippen LogP contribution in [0.2, 0.25) is 0 Å². The van der Waals surface area contributed by atoms with E-state index in [1.54, 1.807) is 12.3 Å². The average molecular weight is 246 g/mol. The van der Waals surface area contributed by atoms with Crippen LogP contribution in [-0.4, -0.2) is 13.4 Å². The molecule has 2 aliphatic carbocycles. The fourth-order valence-electron chi connectivity index (χ4n) is 2.11. The van der Waals surface area contributed by atoms with E-state index in [9.17, 15) is 8.42 Å². The van der Waals surface area contributed by atoms with Gasteiger partial charge in [0, 0.05) is 17.8 Å². The molecular formula is C12H10N2O2S. The van der Waals surface area contributed by atoms with Gasteiger partial charge < -0.3 is 0 Å². The van der Waals surface area contributed by atoms with Gasteiger partial charge in [-0.1, -0.05) is 18.2 Å². The van der Waals surface area contributed by atoms with Crippen LogP contribution in [0.3, 0.4) is 0 Å². The van der Waals surface area contributed by atoms with Crippen LogP contribution in [0.5, 0.6) is 0 Å². The molecule has 4 nitrogen and oxygen atoms in total. The Hall–Kier alpha value is -1.72. The van der Waals surface area contributed by atoms with E-state index in [1.165, 1.54) is 6.08 Å². The lowest BCUT2D eigenvalue weighted by atomic mass is 10.0. The summed E-state index contributed by atoms with van der Waals surface area (Å²) in [5.41, 5.74) is 1.97. The second kappa shape index (κ2) is 3.38. The number of aromatic nitrogens is 1. The van der Waals surface area contributed by atoms with E-state index in [1.807, 2.05) is 18.2 Å². The standard InChI is InChI=1S/C12H10N2O2S/c13-17(15,16)9-4-5-12-11(6-9)10-3-1-2-8(10)7-14-12/h1-5,7H,6H2,(H2,13,15,16). The number of sulfonamides is 1. The van der Waals surface area contributed by atoms with Crippen LogP contribution in [0.4, 0.5) is 0 Å². The number of pyridine rings is 1. The van der Waals surface area contributed by atoms with Crippen molar-refractivity contribution in [2.24, 2.45) is 5.14 Å². The highest BCUT2D eigenvalue weighted by Gasteiger charge is 2.18. The number of hydrogen-bond donors (Lipinski definition) is 1. The topological polar surface area (TPSA) is 73.1 Å². The van der Waals surface area contributed by atoms with E-state index in [0.29, 0.717) is 6.42 Å². The number of hydrogen-bond acceptors (Lipinski definition) is 3. The minimum atomic E-state index is -3.62. The van der Waals surface area contributed by atoms with Gasteiger partial charge in [-0.2, -0.15) is 0 Å². The third kappa shape index (κ3) is 1.64. The van der Waals surface area contributed by atoms with Gasteiger partial charge in [0.2, 0.25) is 10.0 Å². The van der Waals surface area contributed by atoms with Crippen molar-refractivity contribution >= 4 is 28.3 Å². The van der Waals surface area contributed by atoms with Crippen LogP contribution < -0.4 is 15.7 Å². The van der Waals surface area contributed by atoms with Gasteiger partial charge in [0.15, 0.2) is 0 Å². The second-order valence-corrected chi connectivity index (χ2v) is 5.65. The molecule has 0 atom stereocenters. The molecular weight excluding hydrogens is 236 g/mol. The van der Waals surface area contributed by atoms with E-state index in [-0.39, 0.29) is 4.91 Å². The SMILES string of the molecule is NS(=O)(=O)C1=CC=c2ncc3c(c2C1)C=CC=3. The van der Waals surface area contributed by atoms with Gasteiger partial charge in [0.25, 0.3) is 0 Å². The van der Waals surface area contributed by atoms with Crippen molar-refractivity contribution in [3.63, 3.8) is 0 Å². The molecule has 0 aromatic carbocycles. The molecule has 0 aliphatic heterocycles. The molecule has 5 heteroatoms. The van der Waals surface area contributed by atoms with Gasteiger partial charge in [-0.25, -0.2) is 13.6 Å². The third-order valence-electron chi connectivity index (χ3n) is 2.97. The fraction of sp³-hybridized carbons (Fsp3) is 0.0833. The third-order valence-corrected chi connectivity index (χ3v) is 3.98. The zero-order chi connectivity index (χ0) is 12.0. The highest BCUT2D eigenvalue weighted by molar-refractivity contribution is 7.93. The predicted octanol–water partition coefficient (Wildman–Crippen LogP) is -0.602. The first-order valence-electron chi connectivity index (χ1n) is 5.16. The van der Waals surface area contributed by atoms with Crippen LogP contribution in [0, 0.1) is 0 Å². The van der Waals surface area contributed by atoms with Crippen molar-refractivity contribution in [1.82, 2.24) is 4.98 Å². The van der Waals surface area contributed by atoms with Crippen LogP contribution in [0.1, 0.15) is 11.1 Å². The maximum Gasteiger partial charge on any atom is 0.234 e. The zero-order valence-corrected chi connectivity index (χ0v) is 9.74. The Morgan fingerprint density at radius 2 is 2.06 bits per heavy atom. The Bertz CT molecular complexity index is 787. The largest absolute Gasteiger partial charge is 0.256 e. The Labute approximate surface area is 98.5 Å². The molecule has 3 rings (SSSR count). The molecule has 2 aliphatic rings. The van der Waals surface area contributed by atoms with Gasteiger partial charge >= 0.3 is 0 Å². The summed E-state index contributed by atoms with van der Waals surface area (Å²) < 4.78 is 22.7. The van der Waals surface area contributed by atoms with E-state index in [4.69, 9.17) is 5.14 Å². The molecule has 0 saturated carbocycles. The second-order valence-electron chi connectivity index (χ2n) is 4.04. The summed E-state index contributed by atoms with van der Waals surface area (Å²) >= 11 is 0. The number of nitrogens with two attached hydrogens (primary N) is 1. The number of fused-ring (bicyclic) bond motifs is 3. The number of allylic oxidation sites excluding steroid dienone is 3. The van der Waals surface area contributed by atoms with Crippen LogP contribution in [0.25, 0.3) is 18.2 Å². The van der Waals surface area contributed by atoms with Gasteiger partial charge in [0.05, 0.1) is 10.3 Å². The molecule has 0 fully saturated rings. The maximum atomic E-state index is 11.3. The summed E-state index contributed by atoms with van der Waals surface area (Å²) in [4.78, 5) is 4.54. The van der Waals surface area contributed by atoms with Crippen molar-refractivity contribution in [3.05, 3.63) is 44.9 Å².